The predicted octanol–water partition coefficient (Wildman–Crippen LogP) is 1.23. The Kier molecular flexibility index (Phi) is 4.27. The van der Waals surface area contributed by atoms with Crippen LogP contribution in [0.25, 0.3) is 0 Å². The molecule has 5 nitrogen and oxygen atoms in total. The van der Waals surface area contributed by atoms with Crippen LogP contribution < -0.4 is 5.32 Å². The van der Waals surface area contributed by atoms with Gasteiger partial charge in [0.05, 0.1) is 13.0 Å². The Morgan fingerprint density at radius 3 is 2.50 bits per heavy atom. The molecule has 4 rings (SSSR count). The highest BCUT2D eigenvalue weighted by Crippen LogP contribution is 2.45. The van der Waals surface area contributed by atoms with Gasteiger partial charge in [-0.25, -0.2) is 0 Å². The first-order valence-corrected chi connectivity index (χ1v) is 8.89. The van der Waals surface area contributed by atoms with Gasteiger partial charge in [0.2, 0.25) is 11.8 Å². The number of carbonyl (C=O) groups excluding carboxylic acids is 2. The number of nitrogens with zero attached hydrogens (tertiary/aromatic N) is 1. The Balaban J connectivity index is 1.16. The van der Waals surface area contributed by atoms with Crippen molar-refractivity contribution in [2.45, 2.75) is 25.3 Å². The first-order valence-electron chi connectivity index (χ1n) is 8.89. The molecule has 2 aliphatic carbocycles. The Hall–Kier alpha value is -1.88. The number of piperidine rings is 1. The van der Waals surface area contributed by atoms with E-state index in [0.717, 1.165) is 25.3 Å². The smallest absolute Gasteiger partial charge is 0.248 e. The number of rotatable bonds is 7. The van der Waals surface area contributed by atoms with Gasteiger partial charge in [-0.1, -0.05) is 30.3 Å². The maximum Gasteiger partial charge on any atom is 0.248 e. The van der Waals surface area contributed by atoms with Crippen LogP contribution in [0.15, 0.2) is 30.3 Å². The lowest BCUT2D eigenvalue weighted by Gasteiger charge is -2.20. The molecule has 128 valence electrons. The van der Waals surface area contributed by atoms with Crippen LogP contribution in [0.5, 0.6) is 0 Å². The topological polar surface area (TPSA) is 58.6 Å². The fourth-order valence-corrected chi connectivity index (χ4v) is 3.65. The summed E-state index contributed by atoms with van der Waals surface area (Å²) in [4.78, 5) is 26.1. The number of carbonyl (C=O) groups is 2. The number of hydrogen-bond donors (Lipinski definition) is 1. The summed E-state index contributed by atoms with van der Waals surface area (Å²) in [5.74, 6) is 1.71. The van der Waals surface area contributed by atoms with E-state index in [-0.39, 0.29) is 24.5 Å². The van der Waals surface area contributed by atoms with E-state index in [1.807, 2.05) is 35.2 Å². The number of likely N-dealkylation sites (tertiary alicyclic amines) is 1. The van der Waals surface area contributed by atoms with Crippen molar-refractivity contribution < 1.29 is 14.3 Å². The van der Waals surface area contributed by atoms with Gasteiger partial charge < -0.3 is 15.0 Å². The van der Waals surface area contributed by atoms with Gasteiger partial charge in [0.15, 0.2) is 0 Å². The molecule has 2 saturated carbocycles. The molecule has 24 heavy (non-hydrogen) atoms. The summed E-state index contributed by atoms with van der Waals surface area (Å²) in [5.41, 5.74) is 1.03. The largest absolute Gasteiger partial charge is 0.371 e. The van der Waals surface area contributed by atoms with E-state index in [1.165, 1.54) is 12.8 Å². The average molecular weight is 328 g/mol. The summed E-state index contributed by atoms with van der Waals surface area (Å²) in [6.07, 6.45) is 2.91. The molecule has 0 radical (unpaired) electrons. The summed E-state index contributed by atoms with van der Waals surface area (Å²) < 4.78 is 5.48. The fourth-order valence-electron chi connectivity index (χ4n) is 3.65. The molecule has 1 heterocycles. The summed E-state index contributed by atoms with van der Waals surface area (Å²) >= 11 is 0. The molecule has 5 heteroatoms. The minimum atomic E-state index is 0.0752. The maximum absolute atomic E-state index is 12.1. The highest BCUT2D eigenvalue weighted by atomic mass is 16.5. The number of hydrogen-bond acceptors (Lipinski definition) is 3. The van der Waals surface area contributed by atoms with Gasteiger partial charge in [0.25, 0.3) is 0 Å². The minimum Gasteiger partial charge on any atom is -0.371 e. The van der Waals surface area contributed by atoms with Crippen molar-refractivity contribution >= 4 is 11.8 Å². The molecule has 0 spiro atoms. The van der Waals surface area contributed by atoms with E-state index in [0.29, 0.717) is 24.2 Å². The van der Waals surface area contributed by atoms with Gasteiger partial charge in [-0.3, -0.25) is 9.59 Å². The van der Waals surface area contributed by atoms with Crippen LogP contribution in [0, 0.1) is 17.8 Å². The van der Waals surface area contributed by atoms with Gasteiger partial charge in [0, 0.05) is 31.0 Å². The van der Waals surface area contributed by atoms with Crippen LogP contribution in [0.1, 0.15) is 18.4 Å². The maximum atomic E-state index is 12.1. The zero-order valence-corrected chi connectivity index (χ0v) is 13.8. The van der Waals surface area contributed by atoms with Crippen molar-refractivity contribution in [2.75, 3.05) is 26.3 Å². The molecule has 3 fully saturated rings. The summed E-state index contributed by atoms with van der Waals surface area (Å²) in [5, 5.41) is 3.12. The first kappa shape index (κ1) is 15.6. The van der Waals surface area contributed by atoms with E-state index >= 15 is 0 Å². The molecule has 1 aromatic rings. The van der Waals surface area contributed by atoms with Gasteiger partial charge in [-0.15, -0.1) is 0 Å². The van der Waals surface area contributed by atoms with Crippen molar-refractivity contribution in [3.05, 3.63) is 35.9 Å². The average Bonchev–Trinajstić information content (AvgIpc) is 3.46. The van der Waals surface area contributed by atoms with Crippen LogP contribution in [0.4, 0.5) is 0 Å². The van der Waals surface area contributed by atoms with Gasteiger partial charge in [0.1, 0.15) is 6.61 Å². The Labute approximate surface area is 142 Å². The highest BCUT2D eigenvalue weighted by molar-refractivity contribution is 5.80. The molecule has 1 N–H and O–H groups in total. The third-order valence-corrected chi connectivity index (χ3v) is 5.36. The van der Waals surface area contributed by atoms with Crippen LogP contribution in [0.2, 0.25) is 0 Å². The van der Waals surface area contributed by atoms with Crippen molar-refractivity contribution in [2.24, 2.45) is 17.8 Å². The monoisotopic (exact) mass is 328 g/mol. The molecule has 0 aromatic heterocycles. The van der Waals surface area contributed by atoms with E-state index in [1.54, 1.807) is 0 Å². The first-order chi connectivity index (χ1) is 11.7. The molecule has 3 atom stereocenters. The SMILES string of the molecule is O=C(Cc1ccccc1)NC1[C@H]2CN(C(=O)COCC3CC3)C[C@@H]12. The van der Waals surface area contributed by atoms with Gasteiger partial charge in [-0.2, -0.15) is 0 Å². The summed E-state index contributed by atoms with van der Waals surface area (Å²) in [6, 6.07) is 10.0. The van der Waals surface area contributed by atoms with Crippen molar-refractivity contribution in [1.82, 2.24) is 10.2 Å². The Bertz CT molecular complexity index is 602. The fraction of sp³-hybridized carbons (Fsp3) is 0.579. The summed E-state index contributed by atoms with van der Waals surface area (Å²) in [6.45, 7) is 2.45. The van der Waals surface area contributed by atoms with Crippen molar-refractivity contribution in [3.63, 3.8) is 0 Å². The predicted molar refractivity (Wildman–Crippen MR) is 89.2 cm³/mol. The molecular formula is C19H24N2O3. The van der Waals surface area contributed by atoms with Crippen LogP contribution in [-0.4, -0.2) is 49.1 Å². The van der Waals surface area contributed by atoms with Crippen molar-refractivity contribution in [1.29, 1.82) is 0 Å². The molecule has 2 amide bonds. The summed E-state index contributed by atoms with van der Waals surface area (Å²) in [7, 11) is 0. The lowest BCUT2D eigenvalue weighted by molar-refractivity contribution is -0.135. The number of fused-ring (bicyclic) bond motifs is 1. The van der Waals surface area contributed by atoms with Gasteiger partial charge in [-0.05, 0) is 24.3 Å². The number of ether oxygens (including phenoxy) is 1. The molecule has 1 saturated heterocycles. The van der Waals surface area contributed by atoms with Crippen molar-refractivity contribution in [3.8, 4) is 0 Å². The standard InChI is InChI=1S/C19H24N2O3/c22-17(8-13-4-2-1-3-5-13)20-19-15-9-21(10-16(15)19)18(23)12-24-11-14-6-7-14/h1-5,14-16,19H,6-12H2,(H,20,22)/t15-,16+,19?. The van der Waals surface area contributed by atoms with E-state index < -0.39 is 0 Å². The van der Waals surface area contributed by atoms with E-state index in [4.69, 9.17) is 4.74 Å². The molecule has 1 unspecified atom stereocenters. The van der Waals surface area contributed by atoms with E-state index in [2.05, 4.69) is 5.32 Å². The number of amides is 2. The van der Waals surface area contributed by atoms with Crippen LogP contribution >= 0.6 is 0 Å². The zero-order valence-electron chi connectivity index (χ0n) is 13.8. The quantitative estimate of drug-likeness (QED) is 0.819. The normalized spacial score (nSPS) is 27.7. The minimum absolute atomic E-state index is 0.0752. The number of benzene rings is 1. The Morgan fingerprint density at radius 2 is 1.83 bits per heavy atom. The molecule has 0 bridgehead atoms. The van der Waals surface area contributed by atoms with Gasteiger partial charge >= 0.3 is 0 Å². The van der Waals surface area contributed by atoms with E-state index in [9.17, 15) is 9.59 Å². The number of nitrogens with one attached hydrogen (secondary N) is 1. The molecule has 1 aromatic carbocycles. The lowest BCUT2D eigenvalue weighted by Crippen LogP contribution is -2.39. The second-order valence-electron chi connectivity index (χ2n) is 7.34. The third kappa shape index (κ3) is 3.61. The lowest BCUT2D eigenvalue weighted by atomic mass is 10.1. The zero-order chi connectivity index (χ0) is 16.5. The third-order valence-electron chi connectivity index (χ3n) is 5.36. The molecule has 3 aliphatic rings. The molecular weight excluding hydrogens is 304 g/mol. The second kappa shape index (κ2) is 6.55. The molecule has 1 aliphatic heterocycles. The Morgan fingerprint density at radius 1 is 1.12 bits per heavy atom. The highest BCUT2D eigenvalue weighted by Gasteiger charge is 2.57. The van der Waals surface area contributed by atoms with Crippen LogP contribution in [-0.2, 0) is 20.7 Å². The van der Waals surface area contributed by atoms with Crippen LogP contribution in [0.3, 0.4) is 0 Å². The second-order valence-corrected chi connectivity index (χ2v) is 7.34.